The molecule has 1 rings (SSSR count). The summed E-state index contributed by atoms with van der Waals surface area (Å²) in [6, 6.07) is 5.71. The molecule has 0 unspecified atom stereocenters. The van der Waals surface area contributed by atoms with E-state index in [9.17, 15) is 22.8 Å². The molecule has 0 saturated heterocycles. The average Bonchev–Trinajstić information content (AvgIpc) is 2.49. The maximum Gasteiger partial charge on any atom is 0.411 e. The topological polar surface area (TPSA) is 76.7 Å². The number of carbonyl (C=O) groups excluding carboxylic acids is 2. The number of nitrogens with one attached hydrogen (secondary N) is 2. The fourth-order valence-electron chi connectivity index (χ4n) is 1.58. The van der Waals surface area contributed by atoms with Crippen molar-refractivity contribution < 1.29 is 32.2 Å². The summed E-state index contributed by atoms with van der Waals surface area (Å²) in [6.07, 6.45) is -3.95. The molecule has 0 atom stereocenters. The van der Waals surface area contributed by atoms with Gasteiger partial charge >= 0.3 is 18.2 Å². The Morgan fingerprint density at radius 3 is 2.67 bits per heavy atom. The number of anilines is 1. The van der Waals surface area contributed by atoms with Crippen molar-refractivity contribution in [1.29, 1.82) is 0 Å². The largest absolute Gasteiger partial charge is 0.426 e. The number of hydrogen-bond donors (Lipinski definition) is 2. The number of urea groups is 1. The van der Waals surface area contributed by atoms with Crippen LogP contribution in [0.3, 0.4) is 0 Å². The number of halogens is 3. The second-order valence-electron chi connectivity index (χ2n) is 4.80. The number of rotatable bonds is 8. The summed E-state index contributed by atoms with van der Waals surface area (Å²) in [5.41, 5.74) is 0.419. The lowest BCUT2D eigenvalue weighted by Gasteiger charge is -2.09. The van der Waals surface area contributed by atoms with E-state index < -0.39 is 25.4 Å². The van der Waals surface area contributed by atoms with Crippen molar-refractivity contribution in [3.05, 3.63) is 24.3 Å². The van der Waals surface area contributed by atoms with Gasteiger partial charge in [-0.05, 0) is 18.6 Å². The molecule has 0 aliphatic heterocycles. The minimum Gasteiger partial charge on any atom is -0.426 e. The molecular weight excluding hydrogens is 329 g/mol. The maximum atomic E-state index is 11.9. The van der Waals surface area contributed by atoms with Crippen LogP contribution in [0.5, 0.6) is 5.75 Å². The van der Waals surface area contributed by atoms with Crippen molar-refractivity contribution in [2.45, 2.75) is 25.9 Å². The van der Waals surface area contributed by atoms with Crippen molar-refractivity contribution in [2.24, 2.45) is 0 Å². The zero-order valence-corrected chi connectivity index (χ0v) is 13.1. The average molecular weight is 348 g/mol. The van der Waals surface area contributed by atoms with Crippen LogP contribution in [0.15, 0.2) is 24.3 Å². The molecule has 0 fully saturated rings. The smallest absolute Gasteiger partial charge is 0.411 e. The molecule has 0 radical (unpaired) electrons. The number of hydrogen-bond acceptors (Lipinski definition) is 4. The Morgan fingerprint density at radius 1 is 1.25 bits per heavy atom. The van der Waals surface area contributed by atoms with Gasteiger partial charge in [0, 0.05) is 18.3 Å². The number of alkyl halides is 3. The third-order valence-electron chi connectivity index (χ3n) is 2.58. The van der Waals surface area contributed by atoms with Crippen molar-refractivity contribution in [3.63, 3.8) is 0 Å². The lowest BCUT2D eigenvalue weighted by Crippen LogP contribution is -2.29. The van der Waals surface area contributed by atoms with Gasteiger partial charge in [-0.15, -0.1) is 0 Å². The first-order valence-electron chi connectivity index (χ1n) is 7.30. The molecule has 24 heavy (non-hydrogen) atoms. The first-order chi connectivity index (χ1) is 11.3. The van der Waals surface area contributed by atoms with Crippen LogP contribution < -0.4 is 15.4 Å². The quantitative estimate of drug-likeness (QED) is 0.430. The van der Waals surface area contributed by atoms with Crippen molar-refractivity contribution in [2.75, 3.05) is 25.1 Å². The minimum absolute atomic E-state index is 0.170. The van der Waals surface area contributed by atoms with Gasteiger partial charge in [-0.3, -0.25) is 4.79 Å². The summed E-state index contributed by atoms with van der Waals surface area (Å²) < 4.78 is 44.9. The SMILES string of the molecule is CCCNC(=O)Nc1cccc(OC(=O)CCOCC(F)(F)F)c1. The van der Waals surface area contributed by atoms with Gasteiger partial charge in [-0.25, -0.2) is 4.79 Å². The zero-order chi connectivity index (χ0) is 18.0. The number of benzene rings is 1. The van der Waals surface area contributed by atoms with Crippen LogP contribution in [-0.4, -0.2) is 37.9 Å². The first kappa shape index (κ1) is 19.8. The highest BCUT2D eigenvalue weighted by Gasteiger charge is 2.27. The highest BCUT2D eigenvalue weighted by Crippen LogP contribution is 2.18. The molecule has 6 nitrogen and oxygen atoms in total. The van der Waals surface area contributed by atoms with Crippen molar-refractivity contribution >= 4 is 17.7 Å². The lowest BCUT2D eigenvalue weighted by atomic mass is 10.3. The minimum atomic E-state index is -4.43. The number of carbonyl (C=O) groups is 2. The van der Waals surface area contributed by atoms with Gasteiger partial charge in [0.15, 0.2) is 0 Å². The maximum absolute atomic E-state index is 11.9. The molecule has 0 heterocycles. The molecule has 1 aromatic carbocycles. The second kappa shape index (κ2) is 9.76. The number of amides is 2. The van der Waals surface area contributed by atoms with Crippen LogP contribution in [0.2, 0.25) is 0 Å². The summed E-state index contributed by atoms with van der Waals surface area (Å²) in [4.78, 5) is 23.1. The van der Waals surface area contributed by atoms with E-state index in [0.29, 0.717) is 12.2 Å². The Bertz CT molecular complexity index is 550. The van der Waals surface area contributed by atoms with Gasteiger partial charge in [-0.1, -0.05) is 13.0 Å². The molecule has 0 aliphatic carbocycles. The van der Waals surface area contributed by atoms with E-state index in [-0.39, 0.29) is 18.2 Å². The van der Waals surface area contributed by atoms with E-state index in [2.05, 4.69) is 15.4 Å². The van der Waals surface area contributed by atoms with E-state index in [0.717, 1.165) is 6.42 Å². The lowest BCUT2D eigenvalue weighted by molar-refractivity contribution is -0.175. The fourth-order valence-corrected chi connectivity index (χ4v) is 1.58. The molecule has 9 heteroatoms. The molecule has 0 spiro atoms. The summed E-state index contributed by atoms with van der Waals surface area (Å²) in [6.45, 7) is 0.638. The molecule has 0 saturated carbocycles. The van der Waals surface area contributed by atoms with Crippen LogP contribution in [-0.2, 0) is 9.53 Å². The zero-order valence-electron chi connectivity index (χ0n) is 13.1. The predicted molar refractivity (Wildman–Crippen MR) is 80.9 cm³/mol. The van der Waals surface area contributed by atoms with Gasteiger partial charge in [0.1, 0.15) is 12.4 Å². The molecule has 0 bridgehead atoms. The van der Waals surface area contributed by atoms with Crippen LogP contribution in [0.4, 0.5) is 23.7 Å². The van der Waals surface area contributed by atoms with Crippen LogP contribution in [0.25, 0.3) is 0 Å². The van der Waals surface area contributed by atoms with Crippen molar-refractivity contribution in [3.8, 4) is 5.75 Å². The highest BCUT2D eigenvalue weighted by molar-refractivity contribution is 5.89. The standard InChI is InChI=1S/C15H19F3N2O4/c1-2-7-19-14(22)20-11-4-3-5-12(9-11)24-13(21)6-8-23-10-15(16,17)18/h3-5,9H,2,6-8,10H2,1H3,(H2,19,20,22). The van der Waals surface area contributed by atoms with Crippen LogP contribution >= 0.6 is 0 Å². The monoisotopic (exact) mass is 348 g/mol. The van der Waals surface area contributed by atoms with E-state index in [1.807, 2.05) is 6.92 Å². The number of esters is 1. The fraction of sp³-hybridized carbons (Fsp3) is 0.467. The van der Waals surface area contributed by atoms with Gasteiger partial charge in [0.05, 0.1) is 13.0 Å². The Kier molecular flexibility index (Phi) is 8.03. The Labute approximate surface area is 137 Å². The van der Waals surface area contributed by atoms with Gasteiger partial charge < -0.3 is 20.1 Å². The van der Waals surface area contributed by atoms with Crippen LogP contribution in [0, 0.1) is 0 Å². The number of ether oxygens (including phenoxy) is 2. The molecule has 0 aliphatic rings. The molecule has 1 aromatic rings. The highest BCUT2D eigenvalue weighted by atomic mass is 19.4. The Balaban J connectivity index is 2.40. The second-order valence-corrected chi connectivity index (χ2v) is 4.80. The summed E-state index contributed by atoms with van der Waals surface area (Å²) >= 11 is 0. The summed E-state index contributed by atoms with van der Waals surface area (Å²) in [5.74, 6) is -0.561. The molecule has 0 aromatic heterocycles. The third-order valence-corrected chi connectivity index (χ3v) is 2.58. The predicted octanol–water partition coefficient (Wildman–Crippen LogP) is 3.09. The molecular formula is C15H19F3N2O4. The van der Waals surface area contributed by atoms with E-state index in [1.54, 1.807) is 12.1 Å². The van der Waals surface area contributed by atoms with Gasteiger partial charge in [0.25, 0.3) is 0 Å². The van der Waals surface area contributed by atoms with Gasteiger partial charge in [-0.2, -0.15) is 13.2 Å². The Morgan fingerprint density at radius 2 is 2.00 bits per heavy atom. The summed E-state index contributed by atoms with van der Waals surface area (Å²) in [5, 5.41) is 5.19. The van der Waals surface area contributed by atoms with Crippen molar-refractivity contribution in [1.82, 2.24) is 5.32 Å². The molecule has 2 N–H and O–H groups in total. The van der Waals surface area contributed by atoms with Gasteiger partial charge in [0.2, 0.25) is 0 Å². The molecule has 134 valence electrons. The first-order valence-corrected chi connectivity index (χ1v) is 7.30. The normalized spacial score (nSPS) is 11.0. The van der Waals surface area contributed by atoms with E-state index in [1.165, 1.54) is 12.1 Å². The third kappa shape index (κ3) is 8.99. The Hall–Kier alpha value is -2.29. The molecule has 2 amide bonds. The summed E-state index contributed by atoms with van der Waals surface area (Å²) in [7, 11) is 0. The van der Waals surface area contributed by atoms with E-state index >= 15 is 0 Å². The van der Waals surface area contributed by atoms with E-state index in [4.69, 9.17) is 4.74 Å². The van der Waals surface area contributed by atoms with Crippen LogP contribution in [0.1, 0.15) is 19.8 Å².